The molecule has 1 aliphatic rings. The van der Waals surface area contributed by atoms with Crippen molar-refractivity contribution in [3.05, 3.63) is 23.8 Å². The van der Waals surface area contributed by atoms with Gasteiger partial charge >= 0.3 is 0 Å². The fourth-order valence-corrected chi connectivity index (χ4v) is 2.74. The zero-order valence-electron chi connectivity index (χ0n) is 15.0. The second-order valence-corrected chi connectivity index (χ2v) is 5.61. The number of ether oxygens (including phenoxy) is 5. The van der Waals surface area contributed by atoms with Crippen LogP contribution in [0.2, 0.25) is 0 Å². The number of hydrogen-bond donors (Lipinski definition) is 0. The highest BCUT2D eigenvalue weighted by Gasteiger charge is 2.21. The van der Waals surface area contributed by atoms with Crippen molar-refractivity contribution in [2.45, 2.75) is 45.0 Å². The summed E-state index contributed by atoms with van der Waals surface area (Å²) >= 11 is 0. The number of methoxy groups -OCH3 is 3. The quantitative estimate of drug-likeness (QED) is 0.312. The molecule has 2 atom stereocenters. The number of hydrogen-bond acceptors (Lipinski definition) is 5. The molecule has 0 radical (unpaired) electrons. The SMILES string of the molecule is CCOCOCC1=CC(C(C=CCC(OC)OC)OC)CCC1. The maximum Gasteiger partial charge on any atom is 0.160 e. The third kappa shape index (κ3) is 8.08. The Labute approximate surface area is 140 Å². The van der Waals surface area contributed by atoms with Gasteiger partial charge in [0.15, 0.2) is 6.29 Å². The Balaban J connectivity index is 2.50. The van der Waals surface area contributed by atoms with Crippen molar-refractivity contribution in [2.24, 2.45) is 5.92 Å². The van der Waals surface area contributed by atoms with Crippen LogP contribution in [0.15, 0.2) is 23.8 Å². The summed E-state index contributed by atoms with van der Waals surface area (Å²) in [5.74, 6) is 0.388. The van der Waals surface area contributed by atoms with Gasteiger partial charge in [-0.05, 0) is 31.8 Å². The molecule has 5 nitrogen and oxygen atoms in total. The smallest absolute Gasteiger partial charge is 0.160 e. The molecular weight excluding hydrogens is 296 g/mol. The van der Waals surface area contributed by atoms with E-state index in [-0.39, 0.29) is 12.4 Å². The fraction of sp³-hybridized carbons (Fsp3) is 0.778. The minimum absolute atomic E-state index is 0.0755. The van der Waals surface area contributed by atoms with Crippen LogP contribution in [0.25, 0.3) is 0 Å². The summed E-state index contributed by atoms with van der Waals surface area (Å²) in [7, 11) is 5.05. The Hall–Kier alpha value is -0.720. The van der Waals surface area contributed by atoms with Crippen molar-refractivity contribution in [2.75, 3.05) is 41.3 Å². The molecule has 0 aromatic carbocycles. The lowest BCUT2D eigenvalue weighted by Crippen LogP contribution is -2.22. The van der Waals surface area contributed by atoms with E-state index in [1.54, 1.807) is 21.3 Å². The molecule has 134 valence electrons. The van der Waals surface area contributed by atoms with Gasteiger partial charge < -0.3 is 23.7 Å². The highest BCUT2D eigenvalue weighted by Crippen LogP contribution is 2.27. The molecule has 0 bridgehead atoms. The van der Waals surface area contributed by atoms with E-state index in [1.165, 1.54) is 12.0 Å². The van der Waals surface area contributed by atoms with E-state index >= 15 is 0 Å². The lowest BCUT2D eigenvalue weighted by Gasteiger charge is -2.26. The highest BCUT2D eigenvalue weighted by atomic mass is 16.7. The van der Waals surface area contributed by atoms with Gasteiger partial charge in [-0.1, -0.05) is 18.2 Å². The largest absolute Gasteiger partial charge is 0.377 e. The van der Waals surface area contributed by atoms with E-state index in [1.807, 2.05) is 6.92 Å². The molecule has 0 aromatic heterocycles. The lowest BCUT2D eigenvalue weighted by molar-refractivity contribution is -0.0987. The van der Waals surface area contributed by atoms with Crippen molar-refractivity contribution in [1.29, 1.82) is 0 Å². The third-order valence-electron chi connectivity index (χ3n) is 4.02. The topological polar surface area (TPSA) is 46.2 Å². The highest BCUT2D eigenvalue weighted by molar-refractivity contribution is 5.12. The average Bonchev–Trinajstić information content (AvgIpc) is 2.59. The van der Waals surface area contributed by atoms with Gasteiger partial charge in [0.25, 0.3) is 0 Å². The Morgan fingerprint density at radius 2 is 1.96 bits per heavy atom. The normalized spacial score (nSPS) is 20.2. The van der Waals surface area contributed by atoms with Crippen LogP contribution in [0.5, 0.6) is 0 Å². The van der Waals surface area contributed by atoms with Crippen LogP contribution < -0.4 is 0 Å². The van der Waals surface area contributed by atoms with Crippen LogP contribution in [0.3, 0.4) is 0 Å². The zero-order chi connectivity index (χ0) is 16.9. The maximum atomic E-state index is 5.65. The molecule has 1 rings (SSSR count). The lowest BCUT2D eigenvalue weighted by atomic mass is 9.86. The zero-order valence-corrected chi connectivity index (χ0v) is 15.0. The second-order valence-electron chi connectivity index (χ2n) is 5.61. The van der Waals surface area contributed by atoms with Crippen LogP contribution in [0.1, 0.15) is 32.6 Å². The van der Waals surface area contributed by atoms with Crippen molar-refractivity contribution >= 4 is 0 Å². The van der Waals surface area contributed by atoms with Crippen molar-refractivity contribution in [3.8, 4) is 0 Å². The van der Waals surface area contributed by atoms with Crippen LogP contribution in [-0.2, 0) is 23.7 Å². The molecule has 5 heteroatoms. The standard InChI is InChI=1S/C18H32O5/c1-5-22-14-23-13-15-8-6-9-16(12-15)17(19-2)10-7-11-18(20-3)21-4/h7,10,12,16-18H,5-6,8-9,11,13-14H2,1-4H3. The Kier molecular flexibility index (Phi) is 11.2. The van der Waals surface area contributed by atoms with Crippen LogP contribution >= 0.6 is 0 Å². The van der Waals surface area contributed by atoms with Crippen molar-refractivity contribution in [3.63, 3.8) is 0 Å². The van der Waals surface area contributed by atoms with E-state index in [9.17, 15) is 0 Å². The van der Waals surface area contributed by atoms with Crippen LogP contribution in [0, 0.1) is 5.92 Å². The molecule has 0 N–H and O–H groups in total. The van der Waals surface area contributed by atoms with Crippen molar-refractivity contribution in [1.82, 2.24) is 0 Å². The summed E-state index contributed by atoms with van der Waals surface area (Å²) < 4.78 is 26.8. The van der Waals surface area contributed by atoms with E-state index < -0.39 is 0 Å². The minimum Gasteiger partial charge on any atom is -0.377 e. The molecule has 23 heavy (non-hydrogen) atoms. The molecule has 1 aliphatic carbocycles. The first kappa shape index (κ1) is 20.3. The first-order chi connectivity index (χ1) is 11.2. The van der Waals surface area contributed by atoms with Gasteiger partial charge in [-0.15, -0.1) is 0 Å². The van der Waals surface area contributed by atoms with Crippen LogP contribution in [0.4, 0.5) is 0 Å². The molecular formula is C18H32O5. The average molecular weight is 328 g/mol. The Bertz CT molecular complexity index is 349. The monoisotopic (exact) mass is 328 g/mol. The van der Waals surface area contributed by atoms with Gasteiger partial charge in [0, 0.05) is 40.3 Å². The Morgan fingerprint density at radius 1 is 1.17 bits per heavy atom. The Morgan fingerprint density at radius 3 is 2.61 bits per heavy atom. The first-order valence-electron chi connectivity index (χ1n) is 8.35. The molecule has 0 aromatic rings. The third-order valence-corrected chi connectivity index (χ3v) is 4.02. The molecule has 0 fully saturated rings. The molecule has 2 unspecified atom stereocenters. The summed E-state index contributed by atoms with van der Waals surface area (Å²) in [6.07, 6.45) is 10.5. The van der Waals surface area contributed by atoms with Crippen molar-refractivity contribution < 1.29 is 23.7 Å². The van der Waals surface area contributed by atoms with Crippen LogP contribution in [-0.4, -0.2) is 53.7 Å². The second kappa shape index (κ2) is 12.7. The summed E-state index contributed by atoms with van der Waals surface area (Å²) in [5, 5.41) is 0. The van der Waals surface area contributed by atoms with Gasteiger partial charge in [-0.3, -0.25) is 0 Å². The molecule has 0 saturated carbocycles. The number of rotatable bonds is 12. The van der Waals surface area contributed by atoms with Gasteiger partial charge in [-0.2, -0.15) is 0 Å². The molecule has 0 aliphatic heterocycles. The summed E-state index contributed by atoms with van der Waals surface area (Å²) in [6, 6.07) is 0. The summed E-state index contributed by atoms with van der Waals surface area (Å²) in [6.45, 7) is 3.66. The molecule has 0 amide bonds. The van der Waals surface area contributed by atoms with E-state index in [2.05, 4.69) is 18.2 Å². The maximum absolute atomic E-state index is 5.65. The predicted octanol–water partition coefficient (Wildman–Crippen LogP) is 3.30. The predicted molar refractivity (Wildman–Crippen MR) is 90.2 cm³/mol. The molecule has 0 spiro atoms. The first-order valence-corrected chi connectivity index (χ1v) is 8.35. The van der Waals surface area contributed by atoms with Gasteiger partial charge in [0.05, 0.1) is 12.7 Å². The van der Waals surface area contributed by atoms with E-state index in [0.717, 1.165) is 12.8 Å². The summed E-state index contributed by atoms with van der Waals surface area (Å²) in [4.78, 5) is 0. The molecule has 0 heterocycles. The minimum atomic E-state index is -0.201. The van der Waals surface area contributed by atoms with E-state index in [0.29, 0.717) is 32.3 Å². The van der Waals surface area contributed by atoms with Gasteiger partial charge in [0.2, 0.25) is 0 Å². The summed E-state index contributed by atoms with van der Waals surface area (Å²) in [5.41, 5.74) is 1.34. The molecule has 0 saturated heterocycles. The fourth-order valence-electron chi connectivity index (χ4n) is 2.74. The van der Waals surface area contributed by atoms with E-state index in [4.69, 9.17) is 23.7 Å². The van der Waals surface area contributed by atoms with Gasteiger partial charge in [-0.25, -0.2) is 0 Å². The van der Waals surface area contributed by atoms with Gasteiger partial charge in [0.1, 0.15) is 6.79 Å².